The molecule has 0 spiro atoms. The molecule has 2 heterocycles. The topological polar surface area (TPSA) is 55.2 Å². The molecule has 0 amide bonds. The van der Waals surface area contributed by atoms with Crippen LogP contribution in [0.2, 0.25) is 0 Å². The van der Waals surface area contributed by atoms with Crippen molar-refractivity contribution in [1.29, 1.82) is 0 Å². The Labute approximate surface area is 156 Å². The molecule has 140 valence electrons. The van der Waals surface area contributed by atoms with E-state index >= 15 is 0 Å². The molecule has 1 fully saturated rings. The normalized spacial score (nSPS) is 21.0. The molecule has 1 aromatic heterocycles. The second-order valence-electron chi connectivity index (χ2n) is 7.46. The standard InChI is InChI=1S/C20H27N3O2S/c1-22-18-11-6-5-10-17(18)21-20(22)19-12-7-13-23(19)14-15-26(24,25)16-8-3-2-4-9-16/h2-4,8-9,19H,5-7,10-15H2,1H3. The van der Waals surface area contributed by atoms with Crippen molar-refractivity contribution >= 4 is 9.84 Å². The Morgan fingerprint density at radius 2 is 1.88 bits per heavy atom. The van der Waals surface area contributed by atoms with Crippen LogP contribution in [0.5, 0.6) is 0 Å². The molecule has 1 unspecified atom stereocenters. The number of aryl methyl sites for hydroxylation is 1. The molecule has 1 atom stereocenters. The summed E-state index contributed by atoms with van der Waals surface area (Å²) in [6, 6.07) is 9.02. The first-order chi connectivity index (χ1) is 12.6. The Bertz CT molecular complexity index is 874. The number of benzene rings is 1. The van der Waals surface area contributed by atoms with Crippen molar-refractivity contribution in [2.24, 2.45) is 7.05 Å². The summed E-state index contributed by atoms with van der Waals surface area (Å²) in [6.07, 6.45) is 6.84. The van der Waals surface area contributed by atoms with Crippen LogP contribution in [-0.4, -0.2) is 41.7 Å². The van der Waals surface area contributed by atoms with Crippen LogP contribution in [0.25, 0.3) is 0 Å². The van der Waals surface area contributed by atoms with Gasteiger partial charge < -0.3 is 4.57 Å². The maximum Gasteiger partial charge on any atom is 0.179 e. The van der Waals surface area contributed by atoms with E-state index in [2.05, 4.69) is 16.5 Å². The number of fused-ring (bicyclic) bond motifs is 1. The van der Waals surface area contributed by atoms with E-state index in [1.54, 1.807) is 24.3 Å². The lowest BCUT2D eigenvalue weighted by molar-refractivity contribution is 0.259. The first kappa shape index (κ1) is 17.7. The zero-order valence-corrected chi connectivity index (χ0v) is 16.2. The summed E-state index contributed by atoms with van der Waals surface area (Å²) in [4.78, 5) is 7.69. The molecule has 2 aliphatic rings. The van der Waals surface area contributed by atoms with Gasteiger partial charge in [0.05, 0.1) is 22.4 Å². The van der Waals surface area contributed by atoms with Gasteiger partial charge in [0.2, 0.25) is 0 Å². The van der Waals surface area contributed by atoms with Crippen LogP contribution in [0, 0.1) is 0 Å². The van der Waals surface area contributed by atoms with E-state index in [4.69, 9.17) is 4.98 Å². The number of nitrogens with zero attached hydrogens (tertiary/aromatic N) is 3. The predicted octanol–water partition coefficient (Wildman–Crippen LogP) is 2.91. The van der Waals surface area contributed by atoms with Gasteiger partial charge in [-0.3, -0.25) is 4.90 Å². The molecular formula is C20H27N3O2S. The van der Waals surface area contributed by atoms with Crippen molar-refractivity contribution in [3.05, 3.63) is 47.5 Å². The molecular weight excluding hydrogens is 346 g/mol. The zero-order valence-electron chi connectivity index (χ0n) is 15.4. The number of hydrogen-bond donors (Lipinski definition) is 0. The first-order valence-electron chi connectivity index (χ1n) is 9.62. The smallest absolute Gasteiger partial charge is 0.179 e. The van der Waals surface area contributed by atoms with Gasteiger partial charge in [0.1, 0.15) is 5.82 Å². The molecule has 26 heavy (non-hydrogen) atoms. The summed E-state index contributed by atoms with van der Waals surface area (Å²) >= 11 is 0. The van der Waals surface area contributed by atoms with Crippen molar-refractivity contribution < 1.29 is 8.42 Å². The molecule has 6 heteroatoms. The second-order valence-corrected chi connectivity index (χ2v) is 9.56. The predicted molar refractivity (Wildman–Crippen MR) is 102 cm³/mol. The average molecular weight is 374 g/mol. The third-order valence-corrected chi connectivity index (χ3v) is 7.53. The molecule has 0 saturated carbocycles. The fraction of sp³-hybridized carbons (Fsp3) is 0.550. The van der Waals surface area contributed by atoms with Gasteiger partial charge in [-0.1, -0.05) is 18.2 Å². The fourth-order valence-corrected chi connectivity index (χ4v) is 5.66. The van der Waals surface area contributed by atoms with Crippen molar-refractivity contribution in [3.63, 3.8) is 0 Å². The summed E-state index contributed by atoms with van der Waals surface area (Å²) in [7, 11) is -1.11. The van der Waals surface area contributed by atoms with Gasteiger partial charge in [0, 0.05) is 19.3 Å². The Hall–Kier alpha value is -1.66. The molecule has 1 aliphatic heterocycles. The highest BCUT2D eigenvalue weighted by molar-refractivity contribution is 7.91. The van der Waals surface area contributed by atoms with E-state index < -0.39 is 9.84 Å². The van der Waals surface area contributed by atoms with E-state index in [0.29, 0.717) is 11.4 Å². The number of sulfone groups is 1. The zero-order chi connectivity index (χ0) is 18.1. The minimum atomic E-state index is -3.23. The monoisotopic (exact) mass is 373 g/mol. The SMILES string of the molecule is Cn1c(C2CCCN2CCS(=O)(=O)c2ccccc2)nc2c1CCCC2. The van der Waals surface area contributed by atoms with Gasteiger partial charge in [-0.05, 0) is 57.2 Å². The van der Waals surface area contributed by atoms with E-state index in [9.17, 15) is 8.42 Å². The van der Waals surface area contributed by atoms with Gasteiger partial charge in [-0.15, -0.1) is 0 Å². The number of rotatable bonds is 5. The molecule has 1 aliphatic carbocycles. The molecule has 5 nitrogen and oxygen atoms in total. The Morgan fingerprint density at radius 1 is 1.12 bits per heavy atom. The summed E-state index contributed by atoms with van der Waals surface area (Å²) in [5.41, 5.74) is 2.65. The van der Waals surface area contributed by atoms with E-state index in [0.717, 1.165) is 38.1 Å². The van der Waals surface area contributed by atoms with Gasteiger partial charge >= 0.3 is 0 Å². The van der Waals surface area contributed by atoms with Crippen molar-refractivity contribution in [1.82, 2.24) is 14.5 Å². The quantitative estimate of drug-likeness (QED) is 0.809. The second kappa shape index (κ2) is 7.16. The first-order valence-corrected chi connectivity index (χ1v) is 11.3. The Kier molecular flexibility index (Phi) is 4.88. The fourth-order valence-electron chi connectivity index (χ4n) is 4.37. The van der Waals surface area contributed by atoms with Crippen molar-refractivity contribution in [2.45, 2.75) is 49.5 Å². The van der Waals surface area contributed by atoms with Crippen molar-refractivity contribution in [2.75, 3.05) is 18.8 Å². The number of likely N-dealkylation sites (tertiary alicyclic amines) is 1. The summed E-state index contributed by atoms with van der Waals surface area (Å²) < 4.78 is 27.5. The van der Waals surface area contributed by atoms with Gasteiger partial charge in [0.15, 0.2) is 9.84 Å². The summed E-state index contributed by atoms with van der Waals surface area (Å²) in [5, 5.41) is 0. The van der Waals surface area contributed by atoms with E-state index in [1.165, 1.54) is 24.2 Å². The molecule has 0 N–H and O–H groups in total. The van der Waals surface area contributed by atoms with Crippen LogP contribution in [0.4, 0.5) is 0 Å². The van der Waals surface area contributed by atoms with Gasteiger partial charge in [-0.25, -0.2) is 13.4 Å². The summed E-state index contributed by atoms with van der Waals surface area (Å²) in [5.74, 6) is 1.30. The highest BCUT2D eigenvalue weighted by Crippen LogP contribution is 2.33. The molecule has 0 radical (unpaired) electrons. The lowest BCUT2D eigenvalue weighted by atomic mass is 10.0. The van der Waals surface area contributed by atoms with E-state index in [1.807, 2.05) is 6.07 Å². The average Bonchev–Trinajstić information content (AvgIpc) is 3.25. The molecule has 2 aromatic rings. The summed E-state index contributed by atoms with van der Waals surface area (Å²) in [6.45, 7) is 1.52. The minimum Gasteiger partial charge on any atom is -0.334 e. The van der Waals surface area contributed by atoms with Crippen LogP contribution >= 0.6 is 0 Å². The van der Waals surface area contributed by atoms with Gasteiger partial charge in [0.25, 0.3) is 0 Å². The van der Waals surface area contributed by atoms with Crippen LogP contribution in [-0.2, 0) is 29.7 Å². The molecule has 1 saturated heterocycles. The largest absolute Gasteiger partial charge is 0.334 e. The van der Waals surface area contributed by atoms with E-state index in [-0.39, 0.29) is 11.8 Å². The Morgan fingerprint density at radius 3 is 2.65 bits per heavy atom. The maximum atomic E-state index is 12.6. The van der Waals surface area contributed by atoms with Crippen molar-refractivity contribution in [3.8, 4) is 0 Å². The highest BCUT2D eigenvalue weighted by atomic mass is 32.2. The Balaban J connectivity index is 1.50. The van der Waals surface area contributed by atoms with Crippen LogP contribution in [0.1, 0.15) is 48.9 Å². The van der Waals surface area contributed by atoms with Gasteiger partial charge in [-0.2, -0.15) is 0 Å². The maximum absolute atomic E-state index is 12.6. The van der Waals surface area contributed by atoms with Crippen LogP contribution in [0.3, 0.4) is 0 Å². The lowest BCUT2D eigenvalue weighted by Gasteiger charge is -2.24. The molecule has 1 aromatic carbocycles. The van der Waals surface area contributed by atoms with Crippen LogP contribution < -0.4 is 0 Å². The lowest BCUT2D eigenvalue weighted by Crippen LogP contribution is -2.30. The minimum absolute atomic E-state index is 0.164. The number of aromatic nitrogens is 2. The third kappa shape index (κ3) is 3.32. The highest BCUT2D eigenvalue weighted by Gasteiger charge is 2.32. The number of hydrogen-bond acceptors (Lipinski definition) is 4. The van der Waals surface area contributed by atoms with Crippen LogP contribution in [0.15, 0.2) is 35.2 Å². The number of imidazole rings is 1. The third-order valence-electron chi connectivity index (χ3n) is 5.82. The molecule has 0 bridgehead atoms. The molecule has 4 rings (SSSR count).